The van der Waals surface area contributed by atoms with E-state index in [2.05, 4.69) is 10.1 Å². The highest BCUT2D eigenvalue weighted by atomic mass is 32.1. The average molecular weight is 353 g/mol. The molecular weight excluding hydrogens is 338 g/mol. The summed E-state index contributed by atoms with van der Waals surface area (Å²) >= 11 is 1.31. The number of aromatic nitrogens is 1. The minimum atomic E-state index is -1.13. The topological polar surface area (TPSA) is 82.9 Å². The van der Waals surface area contributed by atoms with Crippen molar-refractivity contribution in [1.82, 2.24) is 9.99 Å². The first kappa shape index (κ1) is 16.8. The maximum Gasteiger partial charge on any atom is 0.325 e. The molecule has 6 nitrogen and oxygen atoms in total. The van der Waals surface area contributed by atoms with Crippen LogP contribution in [0, 0.1) is 0 Å². The second-order valence-corrected chi connectivity index (χ2v) is 6.39. The summed E-state index contributed by atoms with van der Waals surface area (Å²) in [5.41, 5.74) is 1.05. The van der Waals surface area contributed by atoms with E-state index in [0.29, 0.717) is 16.3 Å². The summed E-state index contributed by atoms with van der Waals surface area (Å²) in [5.74, 6) is -1.58. The number of hydrogen-bond acceptors (Lipinski definition) is 5. The van der Waals surface area contributed by atoms with Gasteiger partial charge < -0.3 is 5.11 Å². The van der Waals surface area contributed by atoms with Crippen LogP contribution < -0.4 is 0 Å². The Labute approximate surface area is 148 Å². The van der Waals surface area contributed by atoms with Crippen molar-refractivity contribution in [2.75, 3.05) is 6.54 Å². The zero-order valence-corrected chi connectivity index (χ0v) is 14.2. The monoisotopic (exact) mass is 353 g/mol. The molecule has 1 aromatic carbocycles. The molecule has 2 heterocycles. The lowest BCUT2D eigenvalue weighted by Gasteiger charge is -2.15. The van der Waals surface area contributed by atoms with Crippen LogP contribution >= 0.6 is 11.3 Å². The van der Waals surface area contributed by atoms with E-state index in [9.17, 15) is 9.59 Å². The van der Waals surface area contributed by atoms with E-state index in [4.69, 9.17) is 5.11 Å². The Morgan fingerprint density at radius 1 is 1.20 bits per heavy atom. The SMILES string of the molecule is C/C(=N\N(CC(=O)O)C(=O)c1cc2ccccc2s1)c1ccccn1. The van der Waals surface area contributed by atoms with Gasteiger partial charge in [0.2, 0.25) is 0 Å². The summed E-state index contributed by atoms with van der Waals surface area (Å²) in [4.78, 5) is 28.5. The number of pyridine rings is 1. The van der Waals surface area contributed by atoms with E-state index in [1.54, 1.807) is 37.4 Å². The maximum atomic E-state index is 12.8. The molecule has 0 radical (unpaired) electrons. The normalized spacial score (nSPS) is 11.5. The van der Waals surface area contributed by atoms with Crippen LogP contribution in [0.3, 0.4) is 0 Å². The molecule has 1 amide bonds. The van der Waals surface area contributed by atoms with Crippen LogP contribution in [0.5, 0.6) is 0 Å². The molecule has 0 aliphatic rings. The van der Waals surface area contributed by atoms with Crippen LogP contribution in [-0.4, -0.2) is 39.2 Å². The lowest BCUT2D eigenvalue weighted by Crippen LogP contribution is -2.31. The van der Waals surface area contributed by atoms with Crippen molar-refractivity contribution in [2.24, 2.45) is 5.10 Å². The molecule has 7 heteroatoms. The van der Waals surface area contributed by atoms with Crippen molar-refractivity contribution >= 4 is 39.0 Å². The Morgan fingerprint density at radius 2 is 1.96 bits per heavy atom. The van der Waals surface area contributed by atoms with Gasteiger partial charge in [-0.2, -0.15) is 5.10 Å². The van der Waals surface area contributed by atoms with Gasteiger partial charge in [0, 0.05) is 10.9 Å². The highest BCUT2D eigenvalue weighted by Crippen LogP contribution is 2.26. The molecule has 2 aromatic heterocycles. The number of amides is 1. The molecule has 0 unspecified atom stereocenters. The molecular formula is C18H15N3O3S. The quantitative estimate of drug-likeness (QED) is 0.564. The highest BCUT2D eigenvalue weighted by molar-refractivity contribution is 7.20. The van der Waals surface area contributed by atoms with Gasteiger partial charge in [-0.05, 0) is 36.6 Å². The van der Waals surface area contributed by atoms with Crippen molar-refractivity contribution < 1.29 is 14.7 Å². The fourth-order valence-corrected chi connectivity index (χ4v) is 3.31. The zero-order valence-electron chi connectivity index (χ0n) is 13.4. The summed E-state index contributed by atoms with van der Waals surface area (Å²) in [6, 6.07) is 14.7. The van der Waals surface area contributed by atoms with Crippen molar-refractivity contribution in [3.63, 3.8) is 0 Å². The second-order valence-electron chi connectivity index (χ2n) is 5.31. The van der Waals surface area contributed by atoms with Crippen molar-refractivity contribution in [2.45, 2.75) is 6.92 Å². The molecule has 1 N–H and O–H groups in total. The molecule has 3 aromatic rings. The summed E-state index contributed by atoms with van der Waals surface area (Å²) in [7, 11) is 0. The predicted molar refractivity (Wildman–Crippen MR) is 96.9 cm³/mol. The Hall–Kier alpha value is -3.06. The van der Waals surface area contributed by atoms with Crippen LogP contribution in [0.1, 0.15) is 22.3 Å². The largest absolute Gasteiger partial charge is 0.480 e. The number of benzene rings is 1. The summed E-state index contributed by atoms with van der Waals surface area (Å²) in [6.45, 7) is 1.17. The Balaban J connectivity index is 1.94. The fourth-order valence-electron chi connectivity index (χ4n) is 2.30. The van der Waals surface area contributed by atoms with Crippen LogP contribution in [-0.2, 0) is 4.79 Å². The number of nitrogens with zero attached hydrogens (tertiary/aromatic N) is 3. The molecule has 25 heavy (non-hydrogen) atoms. The van der Waals surface area contributed by atoms with E-state index >= 15 is 0 Å². The van der Waals surface area contributed by atoms with E-state index in [0.717, 1.165) is 15.1 Å². The van der Waals surface area contributed by atoms with Gasteiger partial charge in [-0.3, -0.25) is 14.6 Å². The second kappa shape index (κ2) is 7.23. The Morgan fingerprint density at radius 3 is 2.64 bits per heavy atom. The number of carboxylic acid groups (broad SMARTS) is 1. The first-order chi connectivity index (χ1) is 12.0. The molecule has 0 saturated carbocycles. The highest BCUT2D eigenvalue weighted by Gasteiger charge is 2.21. The summed E-state index contributed by atoms with van der Waals surface area (Å²) < 4.78 is 0.964. The van der Waals surface area contributed by atoms with Gasteiger partial charge in [-0.15, -0.1) is 11.3 Å². The van der Waals surface area contributed by atoms with Gasteiger partial charge in [0.25, 0.3) is 5.91 Å². The molecule has 0 fully saturated rings. The lowest BCUT2D eigenvalue weighted by atomic mass is 10.2. The lowest BCUT2D eigenvalue weighted by molar-refractivity contribution is -0.137. The minimum absolute atomic E-state index is 0.444. The third kappa shape index (κ3) is 3.89. The number of carbonyl (C=O) groups is 2. The fraction of sp³-hybridized carbons (Fsp3) is 0.111. The first-order valence-corrected chi connectivity index (χ1v) is 8.35. The molecule has 126 valence electrons. The van der Waals surface area contributed by atoms with Crippen LogP contribution in [0.4, 0.5) is 0 Å². The van der Waals surface area contributed by atoms with E-state index < -0.39 is 18.4 Å². The smallest absolute Gasteiger partial charge is 0.325 e. The third-order valence-electron chi connectivity index (χ3n) is 3.46. The van der Waals surface area contributed by atoms with Gasteiger partial charge in [0.05, 0.1) is 16.3 Å². The van der Waals surface area contributed by atoms with Crippen LogP contribution in [0.15, 0.2) is 59.8 Å². The number of hydrogen-bond donors (Lipinski definition) is 1. The first-order valence-electron chi connectivity index (χ1n) is 7.53. The van der Waals surface area contributed by atoms with E-state index in [1.165, 1.54) is 11.3 Å². The number of carboxylic acids is 1. The van der Waals surface area contributed by atoms with Gasteiger partial charge in [-0.1, -0.05) is 24.3 Å². The number of thiophene rings is 1. The minimum Gasteiger partial charge on any atom is -0.480 e. The van der Waals surface area contributed by atoms with E-state index in [-0.39, 0.29) is 0 Å². The number of carbonyl (C=O) groups excluding carboxylic acids is 1. The molecule has 0 spiro atoms. The van der Waals surface area contributed by atoms with Gasteiger partial charge >= 0.3 is 5.97 Å². The Bertz CT molecular complexity index is 917. The molecule has 0 atom stereocenters. The number of aliphatic carboxylic acids is 1. The number of fused-ring (bicyclic) bond motifs is 1. The average Bonchev–Trinajstić information content (AvgIpc) is 3.05. The molecule has 0 saturated heterocycles. The summed E-state index contributed by atoms with van der Waals surface area (Å²) in [5, 5.41) is 15.2. The number of hydrazone groups is 1. The van der Waals surface area contributed by atoms with Gasteiger partial charge in [-0.25, -0.2) is 5.01 Å². The van der Waals surface area contributed by atoms with E-state index in [1.807, 2.05) is 24.3 Å². The zero-order chi connectivity index (χ0) is 17.8. The van der Waals surface area contributed by atoms with Gasteiger partial charge in [0.15, 0.2) is 0 Å². The molecule has 3 rings (SSSR count). The predicted octanol–water partition coefficient (Wildman–Crippen LogP) is 3.25. The molecule has 0 aliphatic carbocycles. The summed E-state index contributed by atoms with van der Waals surface area (Å²) in [6.07, 6.45) is 1.61. The number of rotatable bonds is 5. The van der Waals surface area contributed by atoms with Crippen molar-refractivity contribution in [3.8, 4) is 0 Å². The van der Waals surface area contributed by atoms with Crippen molar-refractivity contribution in [1.29, 1.82) is 0 Å². The van der Waals surface area contributed by atoms with Crippen LogP contribution in [0.2, 0.25) is 0 Å². The van der Waals surface area contributed by atoms with Crippen LogP contribution in [0.25, 0.3) is 10.1 Å². The maximum absolute atomic E-state index is 12.8. The Kier molecular flexibility index (Phi) is 4.85. The third-order valence-corrected chi connectivity index (χ3v) is 4.57. The van der Waals surface area contributed by atoms with Gasteiger partial charge in [0.1, 0.15) is 6.54 Å². The molecule has 0 aliphatic heterocycles. The van der Waals surface area contributed by atoms with Crippen molar-refractivity contribution in [3.05, 3.63) is 65.3 Å². The standard InChI is InChI=1S/C18H15N3O3S/c1-12(14-7-4-5-9-19-14)20-21(11-17(22)23)18(24)16-10-13-6-2-3-8-15(13)25-16/h2-10H,11H2,1H3,(H,22,23)/b20-12+. The molecule has 0 bridgehead atoms.